The van der Waals surface area contributed by atoms with Crippen LogP contribution in [0.4, 0.5) is 0 Å². The van der Waals surface area contributed by atoms with Crippen molar-refractivity contribution in [3.63, 3.8) is 0 Å². The van der Waals surface area contributed by atoms with Gasteiger partial charge < -0.3 is 10.6 Å². The summed E-state index contributed by atoms with van der Waals surface area (Å²) in [6.07, 6.45) is 2.76. The molecule has 1 atom stereocenters. The summed E-state index contributed by atoms with van der Waals surface area (Å²) >= 11 is 0. The Labute approximate surface area is 67.3 Å². The molecule has 3 heteroatoms. The summed E-state index contributed by atoms with van der Waals surface area (Å²) in [5, 5.41) is 0. The molecule has 62 valence electrons. The van der Waals surface area contributed by atoms with Crippen LogP contribution in [-0.2, 0) is 0 Å². The Kier molecular flexibility index (Phi) is 1.51. The zero-order valence-electron chi connectivity index (χ0n) is 6.95. The SMILES string of the molecule is CCN1C(N)=NCC1C1CC1. The fourth-order valence-corrected chi connectivity index (χ4v) is 1.83. The van der Waals surface area contributed by atoms with Crippen LogP contribution in [0.5, 0.6) is 0 Å². The van der Waals surface area contributed by atoms with Gasteiger partial charge in [-0.2, -0.15) is 0 Å². The number of guanidine groups is 1. The molecule has 2 N–H and O–H groups in total. The number of aliphatic imine (C=N–C) groups is 1. The lowest BCUT2D eigenvalue weighted by Gasteiger charge is -2.24. The lowest BCUT2D eigenvalue weighted by molar-refractivity contribution is 0.323. The summed E-state index contributed by atoms with van der Waals surface area (Å²) in [4.78, 5) is 6.49. The predicted molar refractivity (Wildman–Crippen MR) is 45.4 cm³/mol. The number of hydrogen-bond acceptors (Lipinski definition) is 3. The molecule has 0 aromatic rings. The van der Waals surface area contributed by atoms with Gasteiger partial charge in [-0.05, 0) is 25.7 Å². The van der Waals surface area contributed by atoms with Gasteiger partial charge in [0, 0.05) is 6.54 Å². The highest BCUT2D eigenvalue weighted by atomic mass is 15.3. The summed E-state index contributed by atoms with van der Waals surface area (Å²) in [6.45, 7) is 4.09. The van der Waals surface area contributed by atoms with Crippen LogP contribution in [-0.4, -0.2) is 30.0 Å². The van der Waals surface area contributed by atoms with Crippen molar-refractivity contribution in [2.75, 3.05) is 13.1 Å². The second kappa shape index (κ2) is 2.40. The lowest BCUT2D eigenvalue weighted by Crippen LogP contribution is -2.41. The third kappa shape index (κ3) is 1.08. The zero-order valence-corrected chi connectivity index (χ0v) is 6.95. The zero-order chi connectivity index (χ0) is 7.84. The molecule has 0 aromatic heterocycles. The quantitative estimate of drug-likeness (QED) is 0.624. The van der Waals surface area contributed by atoms with Gasteiger partial charge in [0.1, 0.15) is 0 Å². The Morgan fingerprint density at radius 1 is 1.64 bits per heavy atom. The van der Waals surface area contributed by atoms with Crippen molar-refractivity contribution < 1.29 is 0 Å². The van der Waals surface area contributed by atoms with Crippen LogP contribution in [0.25, 0.3) is 0 Å². The second-order valence-corrected chi connectivity index (χ2v) is 3.39. The topological polar surface area (TPSA) is 41.6 Å². The van der Waals surface area contributed by atoms with E-state index in [1.165, 1.54) is 12.8 Å². The van der Waals surface area contributed by atoms with Gasteiger partial charge in [-0.1, -0.05) is 0 Å². The molecule has 11 heavy (non-hydrogen) atoms. The van der Waals surface area contributed by atoms with Gasteiger partial charge in [-0.15, -0.1) is 0 Å². The van der Waals surface area contributed by atoms with Gasteiger partial charge in [0.2, 0.25) is 0 Å². The van der Waals surface area contributed by atoms with E-state index < -0.39 is 0 Å². The third-order valence-electron chi connectivity index (χ3n) is 2.64. The number of rotatable bonds is 2. The average molecular weight is 153 g/mol. The van der Waals surface area contributed by atoms with E-state index in [1.807, 2.05) is 0 Å². The first-order chi connectivity index (χ1) is 5.33. The first-order valence-electron chi connectivity index (χ1n) is 4.39. The first-order valence-corrected chi connectivity index (χ1v) is 4.39. The van der Waals surface area contributed by atoms with Gasteiger partial charge in [-0.3, -0.25) is 4.99 Å². The van der Waals surface area contributed by atoms with E-state index in [0.717, 1.165) is 25.0 Å². The van der Waals surface area contributed by atoms with Gasteiger partial charge in [0.15, 0.2) is 5.96 Å². The molecule has 0 saturated heterocycles. The van der Waals surface area contributed by atoms with Crippen molar-refractivity contribution in [2.45, 2.75) is 25.8 Å². The minimum atomic E-state index is 0.639. The van der Waals surface area contributed by atoms with Crippen LogP contribution < -0.4 is 5.73 Å². The summed E-state index contributed by atoms with van der Waals surface area (Å²) in [5.41, 5.74) is 5.72. The summed E-state index contributed by atoms with van der Waals surface area (Å²) in [5.74, 6) is 1.64. The Bertz CT molecular complexity index is 184. The van der Waals surface area contributed by atoms with E-state index in [9.17, 15) is 0 Å². The molecule has 0 amide bonds. The summed E-state index contributed by atoms with van der Waals surface area (Å²) in [6, 6.07) is 0.639. The number of likely N-dealkylation sites (N-methyl/N-ethyl adjacent to an activating group) is 1. The maximum Gasteiger partial charge on any atom is 0.191 e. The Hall–Kier alpha value is -0.730. The Morgan fingerprint density at radius 3 is 2.91 bits per heavy atom. The highest BCUT2D eigenvalue weighted by Gasteiger charge is 2.37. The largest absolute Gasteiger partial charge is 0.370 e. The van der Waals surface area contributed by atoms with Crippen molar-refractivity contribution in [1.29, 1.82) is 0 Å². The molecule has 0 radical (unpaired) electrons. The molecule has 2 aliphatic rings. The summed E-state index contributed by atoms with van der Waals surface area (Å²) in [7, 11) is 0. The summed E-state index contributed by atoms with van der Waals surface area (Å²) < 4.78 is 0. The molecule has 2 rings (SSSR count). The molecular formula is C8H15N3. The Morgan fingerprint density at radius 2 is 2.36 bits per heavy atom. The van der Waals surface area contributed by atoms with Crippen LogP contribution in [0.1, 0.15) is 19.8 Å². The molecule has 1 unspecified atom stereocenters. The van der Waals surface area contributed by atoms with Crippen molar-refractivity contribution in [3.8, 4) is 0 Å². The lowest BCUT2D eigenvalue weighted by atomic mass is 10.2. The fourth-order valence-electron chi connectivity index (χ4n) is 1.83. The normalized spacial score (nSPS) is 30.8. The minimum absolute atomic E-state index is 0.639. The molecule has 1 fully saturated rings. The number of hydrogen-bond donors (Lipinski definition) is 1. The molecule has 3 nitrogen and oxygen atoms in total. The van der Waals surface area contributed by atoms with Gasteiger partial charge in [0.25, 0.3) is 0 Å². The second-order valence-electron chi connectivity index (χ2n) is 3.39. The van der Waals surface area contributed by atoms with Crippen molar-refractivity contribution >= 4 is 5.96 Å². The average Bonchev–Trinajstić information content (AvgIpc) is 2.76. The Balaban J connectivity index is 2.02. The highest BCUT2D eigenvalue weighted by molar-refractivity contribution is 5.80. The van der Waals surface area contributed by atoms with Crippen LogP contribution in [0.2, 0.25) is 0 Å². The van der Waals surface area contributed by atoms with E-state index in [-0.39, 0.29) is 0 Å². The van der Waals surface area contributed by atoms with E-state index >= 15 is 0 Å². The van der Waals surface area contributed by atoms with Crippen molar-refractivity contribution in [1.82, 2.24) is 4.90 Å². The maximum atomic E-state index is 5.72. The van der Waals surface area contributed by atoms with Gasteiger partial charge >= 0.3 is 0 Å². The van der Waals surface area contributed by atoms with Crippen LogP contribution in [0, 0.1) is 5.92 Å². The van der Waals surface area contributed by atoms with Crippen molar-refractivity contribution in [2.24, 2.45) is 16.6 Å². The molecule has 0 bridgehead atoms. The predicted octanol–water partition coefficient (Wildman–Crippen LogP) is 0.415. The van der Waals surface area contributed by atoms with E-state index in [1.54, 1.807) is 0 Å². The van der Waals surface area contributed by atoms with Gasteiger partial charge in [-0.25, -0.2) is 0 Å². The van der Waals surface area contributed by atoms with Gasteiger partial charge in [0.05, 0.1) is 12.6 Å². The monoisotopic (exact) mass is 153 g/mol. The molecule has 1 aliphatic carbocycles. The third-order valence-corrected chi connectivity index (χ3v) is 2.64. The van der Waals surface area contributed by atoms with Crippen LogP contribution in [0.3, 0.4) is 0 Å². The molecule has 0 spiro atoms. The van der Waals surface area contributed by atoms with Crippen LogP contribution in [0.15, 0.2) is 4.99 Å². The highest BCUT2D eigenvalue weighted by Crippen LogP contribution is 2.36. The molecule has 1 aliphatic heterocycles. The number of nitrogens with zero attached hydrogens (tertiary/aromatic N) is 2. The fraction of sp³-hybridized carbons (Fsp3) is 0.875. The molecular weight excluding hydrogens is 138 g/mol. The van der Waals surface area contributed by atoms with E-state index in [2.05, 4.69) is 16.8 Å². The van der Waals surface area contributed by atoms with Crippen molar-refractivity contribution in [3.05, 3.63) is 0 Å². The molecule has 1 heterocycles. The minimum Gasteiger partial charge on any atom is -0.370 e. The standard InChI is InChI=1S/C8H15N3/c1-2-11-7(6-3-4-6)5-10-8(11)9/h6-7H,2-5H2,1H3,(H2,9,10). The molecule has 1 saturated carbocycles. The van der Waals surface area contributed by atoms with Crippen LogP contribution >= 0.6 is 0 Å². The smallest absolute Gasteiger partial charge is 0.191 e. The maximum absolute atomic E-state index is 5.72. The number of nitrogens with two attached hydrogens (primary N) is 1. The molecule has 0 aromatic carbocycles. The van der Waals surface area contributed by atoms with E-state index in [0.29, 0.717) is 6.04 Å². The van der Waals surface area contributed by atoms with E-state index in [4.69, 9.17) is 5.73 Å². The first kappa shape index (κ1) is 6.95.